The lowest BCUT2D eigenvalue weighted by atomic mass is 9.97. The van der Waals surface area contributed by atoms with E-state index in [2.05, 4.69) is 58.0 Å². The summed E-state index contributed by atoms with van der Waals surface area (Å²) in [5.41, 5.74) is 24.8. The first-order valence-electron chi connectivity index (χ1n) is 28.0. The molecule has 6 atom stereocenters. The van der Waals surface area contributed by atoms with E-state index in [1.807, 2.05) is 92.8 Å². The van der Waals surface area contributed by atoms with E-state index in [1.165, 1.54) is 29.1 Å². The molecule has 0 radical (unpaired) electrons. The van der Waals surface area contributed by atoms with Crippen LogP contribution in [0.1, 0.15) is 92.6 Å². The van der Waals surface area contributed by atoms with Crippen molar-refractivity contribution < 1.29 is 67.0 Å². The number of phenols is 1. The number of amides is 11. The maximum Gasteiger partial charge on any atom is 0.246 e. The van der Waals surface area contributed by atoms with Crippen molar-refractivity contribution in [3.05, 3.63) is 66.5 Å². The van der Waals surface area contributed by atoms with Gasteiger partial charge in [-0.3, -0.25) is 52.7 Å². The molecule has 28 heteroatoms. The van der Waals surface area contributed by atoms with Crippen LogP contribution in [0.25, 0.3) is 11.1 Å². The van der Waals surface area contributed by atoms with Crippen LogP contribution in [0.5, 0.6) is 5.75 Å². The highest BCUT2D eigenvalue weighted by atomic mass is 32.2. The summed E-state index contributed by atoms with van der Waals surface area (Å²) in [6.45, 7) is 16.1. The fourth-order valence-corrected chi connectivity index (χ4v) is 9.41. The number of nitrogens with two attached hydrogens (primary N) is 4. The molecule has 7 rings (SSSR count). The third-order valence-electron chi connectivity index (χ3n) is 12.1. The molecule has 470 valence electrons. The summed E-state index contributed by atoms with van der Waals surface area (Å²) in [6.07, 6.45) is 5.00. The summed E-state index contributed by atoms with van der Waals surface area (Å²) >= 11 is 2.69. The predicted octanol–water partition coefficient (Wildman–Crippen LogP) is -0.884. The minimum atomic E-state index is -1.57. The Hall–Kier alpha value is -7.85. The number of aromatic nitrogens is 2. The van der Waals surface area contributed by atoms with Crippen molar-refractivity contribution in [2.45, 2.75) is 134 Å². The summed E-state index contributed by atoms with van der Waals surface area (Å²) in [5.74, 6) is -5.99. The van der Waals surface area contributed by atoms with Crippen molar-refractivity contribution in [1.82, 2.24) is 42.1 Å². The van der Waals surface area contributed by atoms with Crippen molar-refractivity contribution in [2.75, 3.05) is 44.2 Å². The maximum atomic E-state index is 13.9. The number of fused-ring (bicyclic) bond motifs is 2. The van der Waals surface area contributed by atoms with E-state index in [-0.39, 0.29) is 43.3 Å². The van der Waals surface area contributed by atoms with E-state index in [9.17, 15) is 52.7 Å². The first-order valence-corrected chi connectivity index (χ1v) is 29.9. The van der Waals surface area contributed by atoms with E-state index in [4.69, 9.17) is 28.0 Å². The lowest BCUT2D eigenvalue weighted by molar-refractivity contribution is -0.709. The van der Waals surface area contributed by atoms with Gasteiger partial charge < -0.3 is 70.2 Å². The van der Waals surface area contributed by atoms with Gasteiger partial charge >= 0.3 is 0 Å². The van der Waals surface area contributed by atoms with E-state index >= 15 is 0 Å². The first kappa shape index (κ1) is 75.2. The molecule has 4 bridgehead atoms. The number of carbonyl (C=O) groups excluding carboxylic acids is 11. The minimum Gasteiger partial charge on any atom is -0.508 e. The van der Waals surface area contributed by atoms with Crippen LogP contribution in [0, 0.1) is 18.8 Å². The lowest BCUT2D eigenvalue weighted by Crippen LogP contribution is -2.60. The molecule has 2 aromatic heterocycles. The Morgan fingerprint density at radius 2 is 1.26 bits per heavy atom. The molecule has 0 spiro atoms. The number of aromatic hydroxyl groups is 1. The van der Waals surface area contributed by atoms with Crippen molar-refractivity contribution >= 4 is 89.0 Å². The van der Waals surface area contributed by atoms with Crippen LogP contribution in [-0.4, -0.2) is 150 Å². The zero-order valence-corrected chi connectivity index (χ0v) is 52.1. The predicted molar refractivity (Wildman–Crippen MR) is 323 cm³/mol. The van der Waals surface area contributed by atoms with Gasteiger partial charge in [0.2, 0.25) is 75.5 Å². The second-order valence-electron chi connectivity index (χ2n) is 20.3. The molecule has 11 amide bonds. The van der Waals surface area contributed by atoms with Crippen LogP contribution in [0.3, 0.4) is 0 Å². The molecule has 16 N–H and O–H groups in total. The number of thioether (sulfide) groups is 2. The number of rotatable bonds is 13. The van der Waals surface area contributed by atoms with Gasteiger partial charge in [0, 0.05) is 43.1 Å². The fraction of sp³-hybridized carbons (Fsp3) is 0.526. The summed E-state index contributed by atoms with van der Waals surface area (Å²) in [6, 6.07) is 8.52. The van der Waals surface area contributed by atoms with Gasteiger partial charge in [-0.05, 0) is 62.3 Å². The van der Waals surface area contributed by atoms with Crippen molar-refractivity contribution in [3.8, 4) is 16.9 Å². The number of primary amides is 3. The molecule has 1 fully saturated rings. The molecule has 85 heavy (non-hydrogen) atoms. The lowest BCUT2D eigenvalue weighted by Gasteiger charge is -2.28. The van der Waals surface area contributed by atoms with Gasteiger partial charge in [-0.15, -0.1) is 0 Å². The normalized spacial score (nSPS) is 18.9. The Kier molecular flexibility index (Phi) is 35.7. The largest absolute Gasteiger partial charge is 0.508 e. The second-order valence-corrected chi connectivity index (χ2v) is 22.4. The summed E-state index contributed by atoms with van der Waals surface area (Å²) in [4.78, 5) is 137. The molecule has 26 nitrogen and oxygen atoms in total. The van der Waals surface area contributed by atoms with E-state index in [0.717, 1.165) is 39.9 Å². The monoisotopic (exact) mass is 1230 g/mol. The molecule has 1 aromatic carbocycles. The molecule has 4 aliphatic heterocycles. The Labute approximate surface area is 506 Å². The number of carbonyl (C=O) groups is 11. The van der Waals surface area contributed by atoms with Gasteiger partial charge in [-0.25, -0.2) is 0 Å². The van der Waals surface area contributed by atoms with Crippen LogP contribution >= 0.6 is 23.5 Å². The minimum absolute atomic E-state index is 0.104. The van der Waals surface area contributed by atoms with E-state index in [1.54, 1.807) is 30.9 Å². The number of hydrogen-bond donors (Lipinski definition) is 12. The van der Waals surface area contributed by atoms with Crippen molar-refractivity contribution in [1.29, 1.82) is 0 Å². The van der Waals surface area contributed by atoms with Crippen LogP contribution in [0.4, 0.5) is 0 Å². The number of nitrogens with zero attached hydrogens (tertiary/aromatic N) is 3. The fourth-order valence-electron chi connectivity index (χ4n) is 7.51. The molecule has 0 aliphatic carbocycles. The topological polar surface area (TPSA) is 407 Å². The second kappa shape index (κ2) is 40.4. The Morgan fingerprint density at radius 3 is 1.74 bits per heavy atom. The highest BCUT2D eigenvalue weighted by Crippen LogP contribution is 2.24. The van der Waals surface area contributed by atoms with Gasteiger partial charge in [0.05, 0.1) is 43.2 Å². The molecule has 6 heterocycles. The number of benzene rings is 1. The SMILES string of the molecule is CC.CC(C)C.CCC(C)C1NC(=O)CNC(=O)C(N)CSc2ccc(c[n+]2C)-c2ccc([n+](C)c2)SCC(C(=O)N2CCCC2)NC(=O)C(CC(N)=O)NC(=O)C(CCC(N)=O)NC1=O.Cc1ccc(O)cc1.NC(=O)CNC(=O)CNC=O. The summed E-state index contributed by atoms with van der Waals surface area (Å²) in [7, 11) is 3.73. The highest BCUT2D eigenvalue weighted by Gasteiger charge is 2.35. The van der Waals surface area contributed by atoms with Gasteiger partial charge in [-0.1, -0.05) is 96.1 Å². The first-order chi connectivity index (χ1) is 40.1. The smallest absolute Gasteiger partial charge is 0.246 e. The van der Waals surface area contributed by atoms with Crippen LogP contribution in [-0.2, 0) is 66.8 Å². The number of phenolic OH excluding ortho intramolecular Hbond substituents is 1. The van der Waals surface area contributed by atoms with Crippen LogP contribution in [0.15, 0.2) is 71.0 Å². The van der Waals surface area contributed by atoms with Crippen LogP contribution < -0.4 is 69.3 Å². The molecule has 1 saturated heterocycles. The van der Waals surface area contributed by atoms with E-state index in [0.29, 0.717) is 31.7 Å². The van der Waals surface area contributed by atoms with Gasteiger partial charge in [0.15, 0.2) is 12.4 Å². The number of nitrogens with one attached hydrogen (secondary N) is 7. The Balaban J connectivity index is 0.00000119. The Bertz CT molecular complexity index is 2670. The van der Waals surface area contributed by atoms with Crippen molar-refractivity contribution in [2.24, 2.45) is 48.9 Å². The van der Waals surface area contributed by atoms with E-state index < -0.39 is 102 Å². The average Bonchev–Trinajstić information content (AvgIpc) is 3.50. The molecule has 4 aliphatic rings. The molecule has 6 unspecified atom stereocenters. The average molecular weight is 1230 g/mol. The van der Waals surface area contributed by atoms with Gasteiger partial charge in [0.1, 0.15) is 44.0 Å². The standard InChI is InChI=1S/C39H55N11O8S2.C7H8O.C5H9N3O3.C4H10.C2H6/c1-5-22(2)34-38(57)44-26(10-11-29(41)51)36(55)45-27(16-30(42)52)37(56)46-28(39(58)50-14-6-7-15-50)21-60-33-13-9-24(19-49(33)4)23-8-12-32(48(3)18-23)59-20-25(40)35(54)43-17-31(53)47-34;1-6-2-4-7(8)5-3-6;6-4(10)1-8-5(11)2-7-3-9;1-4(2)3;1-2/h8-9,12-13,18-19,22,25-28,34H,5-7,10-11,14-17,20-21,40H2,1-4H3,(H7-2,41,42,43,44,45,46,47,51,52,53,54,55,56,57);2-5,8H,1H3;3H,1-2H2,(H2,6,10)(H,7,9)(H,8,11);4H,1-3H3;1-2H3/p+2. The number of likely N-dealkylation sites (tertiary alicyclic amines) is 1. The third-order valence-corrected chi connectivity index (χ3v) is 14.6. The number of hydrogen-bond acceptors (Lipinski definition) is 15. The summed E-state index contributed by atoms with van der Waals surface area (Å²) < 4.78 is 3.82. The zero-order valence-electron chi connectivity index (χ0n) is 50.5. The Morgan fingerprint density at radius 1 is 0.729 bits per heavy atom. The highest BCUT2D eigenvalue weighted by molar-refractivity contribution is 7.99. The number of pyridine rings is 2. The van der Waals surface area contributed by atoms with Gasteiger partial charge in [0.25, 0.3) is 0 Å². The third kappa shape index (κ3) is 30.0. The summed E-state index contributed by atoms with van der Waals surface area (Å²) in [5, 5.41) is 27.6. The quantitative estimate of drug-likeness (QED) is 0.0730. The number of aryl methyl sites for hydroxylation is 3. The zero-order chi connectivity index (χ0) is 64.3. The van der Waals surface area contributed by atoms with Crippen LogP contribution in [0.2, 0.25) is 0 Å². The maximum absolute atomic E-state index is 13.9. The molecule has 0 saturated carbocycles. The van der Waals surface area contributed by atoms with Gasteiger partial charge in [-0.2, -0.15) is 9.13 Å². The molecular formula is C57H90N14O12S2+2. The molecular weight excluding hydrogens is 1140 g/mol. The van der Waals surface area contributed by atoms with Crippen molar-refractivity contribution in [3.63, 3.8) is 0 Å². The molecule has 3 aromatic rings.